The lowest BCUT2D eigenvalue weighted by atomic mass is 10.1. The third-order valence-corrected chi connectivity index (χ3v) is 3.44. The molecule has 1 aromatic carbocycles. The highest BCUT2D eigenvalue weighted by Crippen LogP contribution is 2.16. The third kappa shape index (κ3) is 6.24. The molecule has 2 amide bonds. The molecular weight excluding hydrogens is 280 g/mol. The molecule has 0 saturated heterocycles. The quantitative estimate of drug-likeness (QED) is 0.609. The Bertz CT molecular complexity index is 479. The molecule has 0 aliphatic rings. The van der Waals surface area contributed by atoms with Gasteiger partial charge in [-0.2, -0.15) is 0 Å². The summed E-state index contributed by atoms with van der Waals surface area (Å²) in [7, 11) is 0. The number of benzene rings is 1. The van der Waals surface area contributed by atoms with Crippen LogP contribution in [0.5, 0.6) is 0 Å². The molecule has 1 atom stereocenters. The van der Waals surface area contributed by atoms with Gasteiger partial charge < -0.3 is 16.2 Å². The number of primary amides is 1. The van der Waals surface area contributed by atoms with Crippen molar-refractivity contribution in [1.29, 1.82) is 0 Å². The molecule has 0 radical (unpaired) electrons. The lowest BCUT2D eigenvalue weighted by Crippen LogP contribution is -2.42. The van der Waals surface area contributed by atoms with E-state index in [1.54, 1.807) is 0 Å². The summed E-state index contributed by atoms with van der Waals surface area (Å²) >= 11 is 1.31. The molecule has 0 fully saturated rings. The molecule has 0 unspecified atom stereocenters. The Morgan fingerprint density at radius 1 is 1.25 bits per heavy atom. The monoisotopic (exact) mass is 296 g/mol. The number of hydrogen-bond acceptors (Lipinski definition) is 4. The molecule has 0 saturated carbocycles. The molecule has 1 aromatic rings. The predicted octanol–water partition coefficient (Wildman–Crippen LogP) is 0.614. The maximum Gasteiger partial charge on any atom is 0.326 e. The van der Waals surface area contributed by atoms with Gasteiger partial charge in [0.2, 0.25) is 11.8 Å². The zero-order valence-electron chi connectivity index (χ0n) is 10.7. The number of carbonyl (C=O) groups excluding carboxylic acids is 2. The lowest BCUT2D eigenvalue weighted by Gasteiger charge is -2.13. The molecule has 1 rings (SSSR count). The van der Waals surface area contributed by atoms with E-state index in [1.807, 2.05) is 30.3 Å². The summed E-state index contributed by atoms with van der Waals surface area (Å²) in [4.78, 5) is 34.2. The summed E-state index contributed by atoms with van der Waals surface area (Å²) in [6.07, 6.45) is -0.0878. The van der Waals surface area contributed by atoms with Crippen molar-refractivity contribution < 1.29 is 19.5 Å². The first-order valence-corrected chi connectivity index (χ1v) is 6.96. The fourth-order valence-electron chi connectivity index (χ4n) is 1.45. The Morgan fingerprint density at radius 3 is 2.45 bits per heavy atom. The zero-order chi connectivity index (χ0) is 15.0. The Labute approximate surface area is 120 Å². The van der Waals surface area contributed by atoms with Gasteiger partial charge in [-0.05, 0) is 18.6 Å². The summed E-state index contributed by atoms with van der Waals surface area (Å²) in [5.41, 5.74) is 4.96. The van der Waals surface area contributed by atoms with Crippen molar-refractivity contribution in [3.63, 3.8) is 0 Å². The summed E-state index contributed by atoms with van der Waals surface area (Å²) in [6.45, 7) is 0. The highest BCUT2D eigenvalue weighted by Gasteiger charge is 2.20. The van der Waals surface area contributed by atoms with Gasteiger partial charge in [0.15, 0.2) is 0 Å². The van der Waals surface area contributed by atoms with Crippen molar-refractivity contribution in [2.24, 2.45) is 5.73 Å². The summed E-state index contributed by atoms with van der Waals surface area (Å²) in [6, 6.07) is 8.21. The molecule has 4 N–H and O–H groups in total. The second kappa shape index (κ2) is 8.21. The van der Waals surface area contributed by atoms with Gasteiger partial charge in [-0.3, -0.25) is 9.59 Å². The smallest absolute Gasteiger partial charge is 0.326 e. The number of hydrogen-bond donors (Lipinski definition) is 3. The van der Waals surface area contributed by atoms with Crippen LogP contribution in [0.4, 0.5) is 0 Å². The van der Waals surface area contributed by atoms with E-state index in [1.165, 1.54) is 11.8 Å². The number of carbonyl (C=O) groups is 3. The molecule has 0 spiro atoms. The van der Waals surface area contributed by atoms with Gasteiger partial charge in [0.25, 0.3) is 0 Å². The molecule has 0 bridgehead atoms. The highest BCUT2D eigenvalue weighted by atomic mass is 32.2. The van der Waals surface area contributed by atoms with E-state index in [2.05, 4.69) is 5.32 Å². The van der Waals surface area contributed by atoms with Crippen molar-refractivity contribution in [2.75, 3.05) is 5.75 Å². The predicted molar refractivity (Wildman–Crippen MR) is 75.2 cm³/mol. The van der Waals surface area contributed by atoms with Crippen molar-refractivity contribution >= 4 is 29.5 Å². The van der Waals surface area contributed by atoms with Gasteiger partial charge >= 0.3 is 5.97 Å². The Kier molecular flexibility index (Phi) is 6.58. The molecule has 7 heteroatoms. The first kappa shape index (κ1) is 16.0. The molecule has 0 aromatic heterocycles. The number of nitrogens with two attached hydrogens (primary N) is 1. The van der Waals surface area contributed by atoms with Crippen LogP contribution in [0.2, 0.25) is 0 Å². The first-order valence-electron chi connectivity index (χ1n) is 5.97. The van der Waals surface area contributed by atoms with Crippen molar-refractivity contribution in [1.82, 2.24) is 5.32 Å². The molecule has 20 heavy (non-hydrogen) atoms. The van der Waals surface area contributed by atoms with Gasteiger partial charge in [0.1, 0.15) is 6.04 Å². The Hall–Kier alpha value is -2.02. The van der Waals surface area contributed by atoms with E-state index in [-0.39, 0.29) is 18.6 Å². The number of carboxylic acid groups (broad SMARTS) is 1. The maximum atomic E-state index is 11.7. The van der Waals surface area contributed by atoms with Crippen LogP contribution in [0.25, 0.3) is 0 Å². The van der Waals surface area contributed by atoms with Crippen molar-refractivity contribution in [3.05, 3.63) is 30.3 Å². The van der Waals surface area contributed by atoms with Crippen LogP contribution in [0.15, 0.2) is 35.2 Å². The number of carboxylic acids is 1. The number of thioether (sulfide) groups is 1. The van der Waals surface area contributed by atoms with Gasteiger partial charge in [-0.25, -0.2) is 4.79 Å². The minimum absolute atomic E-state index is 0.00753. The molecule has 6 nitrogen and oxygen atoms in total. The fourth-order valence-corrected chi connectivity index (χ4v) is 2.18. The minimum Gasteiger partial charge on any atom is -0.480 e. The molecule has 108 valence electrons. The highest BCUT2D eigenvalue weighted by molar-refractivity contribution is 8.00. The van der Waals surface area contributed by atoms with E-state index in [4.69, 9.17) is 10.8 Å². The van der Waals surface area contributed by atoms with Crippen molar-refractivity contribution in [3.8, 4) is 0 Å². The van der Waals surface area contributed by atoms with E-state index in [0.717, 1.165) is 4.90 Å². The summed E-state index contributed by atoms with van der Waals surface area (Å²) in [5, 5.41) is 11.3. The van der Waals surface area contributed by atoms with E-state index in [0.29, 0.717) is 0 Å². The van der Waals surface area contributed by atoms with Crippen LogP contribution in [0.1, 0.15) is 12.8 Å². The van der Waals surface area contributed by atoms with Gasteiger partial charge in [-0.1, -0.05) is 18.2 Å². The standard InChI is InChI=1S/C13H16N2O4S/c14-11(16)7-6-10(13(18)19)15-12(17)8-20-9-4-2-1-3-5-9/h1-5,10H,6-8H2,(H2,14,16)(H,15,17)(H,18,19)/t10-/m1/s1. The van der Waals surface area contributed by atoms with Crippen molar-refractivity contribution in [2.45, 2.75) is 23.8 Å². The largest absolute Gasteiger partial charge is 0.480 e. The van der Waals surface area contributed by atoms with Crippen LogP contribution < -0.4 is 11.1 Å². The average molecular weight is 296 g/mol. The maximum absolute atomic E-state index is 11.7. The summed E-state index contributed by atoms with van der Waals surface area (Å²) in [5.74, 6) is -2.05. The molecular formula is C13H16N2O4S. The average Bonchev–Trinajstić information content (AvgIpc) is 2.41. The topological polar surface area (TPSA) is 109 Å². The van der Waals surface area contributed by atoms with E-state index in [9.17, 15) is 14.4 Å². The Balaban J connectivity index is 2.41. The van der Waals surface area contributed by atoms with Crippen LogP contribution in [0.3, 0.4) is 0 Å². The van der Waals surface area contributed by atoms with E-state index < -0.39 is 23.8 Å². The Morgan fingerprint density at radius 2 is 1.90 bits per heavy atom. The summed E-state index contributed by atoms with van der Waals surface area (Å²) < 4.78 is 0. The van der Waals surface area contributed by atoms with Crippen LogP contribution in [-0.4, -0.2) is 34.7 Å². The molecule has 0 aliphatic carbocycles. The zero-order valence-corrected chi connectivity index (χ0v) is 11.6. The lowest BCUT2D eigenvalue weighted by molar-refractivity contribution is -0.141. The van der Waals surface area contributed by atoms with Crippen LogP contribution in [0, 0.1) is 0 Å². The third-order valence-electron chi connectivity index (χ3n) is 2.43. The van der Waals surface area contributed by atoms with Gasteiger partial charge in [-0.15, -0.1) is 11.8 Å². The molecule has 0 heterocycles. The van der Waals surface area contributed by atoms with E-state index >= 15 is 0 Å². The number of amides is 2. The van der Waals surface area contributed by atoms with Crippen LogP contribution >= 0.6 is 11.8 Å². The SMILES string of the molecule is NC(=O)CC[C@@H](NC(=O)CSc1ccccc1)C(=O)O. The second-order valence-electron chi connectivity index (χ2n) is 4.07. The van der Waals surface area contributed by atoms with Gasteiger partial charge in [0.05, 0.1) is 5.75 Å². The minimum atomic E-state index is -1.18. The number of rotatable bonds is 8. The first-order chi connectivity index (χ1) is 9.49. The number of nitrogens with one attached hydrogen (secondary N) is 1. The van der Waals surface area contributed by atoms with Gasteiger partial charge in [0, 0.05) is 11.3 Å². The second-order valence-corrected chi connectivity index (χ2v) is 5.11. The molecule has 0 aliphatic heterocycles. The number of aliphatic carboxylic acids is 1. The fraction of sp³-hybridized carbons (Fsp3) is 0.308. The normalized spacial score (nSPS) is 11.6. The van der Waals surface area contributed by atoms with Crippen LogP contribution in [-0.2, 0) is 14.4 Å².